The van der Waals surface area contributed by atoms with Crippen molar-refractivity contribution in [1.82, 2.24) is 4.72 Å². The minimum atomic E-state index is -3.41. The second kappa shape index (κ2) is 2.97. The van der Waals surface area contributed by atoms with Crippen LogP contribution in [-0.4, -0.2) is 20.6 Å². The van der Waals surface area contributed by atoms with Gasteiger partial charge in [0.1, 0.15) is 0 Å². The predicted octanol–water partition coefficient (Wildman–Crippen LogP) is 0.498. The highest BCUT2D eigenvalue weighted by atomic mass is 32.2. The van der Waals surface area contributed by atoms with Gasteiger partial charge in [-0.25, -0.2) is 8.42 Å². The third-order valence-corrected chi connectivity index (χ3v) is 3.02. The molecule has 0 saturated heterocycles. The van der Waals surface area contributed by atoms with Crippen LogP contribution < -0.4 is 4.72 Å². The second-order valence-electron chi connectivity index (χ2n) is 4.20. The molecule has 0 heterocycles. The highest BCUT2D eigenvalue weighted by Crippen LogP contribution is 2.45. The number of nitrogens with one attached hydrogen (secondary N) is 1. The van der Waals surface area contributed by atoms with Crippen LogP contribution in [0.25, 0.3) is 0 Å². The number of sulfonamides is 1. The smallest absolute Gasteiger partial charge is 0.239 e. The molecule has 1 saturated carbocycles. The fourth-order valence-electron chi connectivity index (χ4n) is 1.29. The van der Waals surface area contributed by atoms with E-state index >= 15 is 0 Å². The molecule has 1 aliphatic rings. The van der Waals surface area contributed by atoms with Gasteiger partial charge in [-0.15, -0.1) is 0 Å². The van der Waals surface area contributed by atoms with Crippen molar-refractivity contribution in [2.24, 2.45) is 11.3 Å². The fourth-order valence-corrected chi connectivity index (χ4v) is 1.89. The van der Waals surface area contributed by atoms with E-state index in [4.69, 9.17) is 0 Å². The molecule has 0 atom stereocenters. The van der Waals surface area contributed by atoms with Crippen molar-refractivity contribution in [2.45, 2.75) is 26.7 Å². The highest BCUT2D eigenvalue weighted by molar-refractivity contribution is 7.89. The number of amides is 1. The molecule has 1 aliphatic carbocycles. The second-order valence-corrected chi connectivity index (χ2v) is 5.95. The summed E-state index contributed by atoms with van der Waals surface area (Å²) in [5, 5.41) is 0. The molecule has 0 unspecified atom stereocenters. The average Bonchev–Trinajstić information content (AvgIpc) is 2.62. The molecule has 0 aromatic heterocycles. The summed E-state index contributed by atoms with van der Waals surface area (Å²) in [5.41, 5.74) is -0.552. The average molecular weight is 205 g/mol. The summed E-state index contributed by atoms with van der Waals surface area (Å²) in [6, 6.07) is 0. The van der Waals surface area contributed by atoms with E-state index in [1.54, 1.807) is 13.8 Å². The molecule has 13 heavy (non-hydrogen) atoms. The molecular weight excluding hydrogens is 190 g/mol. The van der Waals surface area contributed by atoms with Gasteiger partial charge >= 0.3 is 0 Å². The Hall–Kier alpha value is -0.580. The first-order chi connectivity index (χ1) is 5.73. The third kappa shape index (κ3) is 2.69. The first-order valence-corrected chi connectivity index (χ1v) is 6.15. The zero-order valence-electron chi connectivity index (χ0n) is 8.12. The lowest BCUT2D eigenvalue weighted by atomic mass is 9.87. The van der Waals surface area contributed by atoms with E-state index in [2.05, 4.69) is 0 Å². The summed E-state index contributed by atoms with van der Waals surface area (Å²) in [6.45, 7) is 3.57. The standard InChI is InChI=1S/C8H15NO3S/c1-8(2,6-4-5-6)7(10)9-13(3,11)12/h6H,4-5H2,1-3H3,(H,9,10). The van der Waals surface area contributed by atoms with Gasteiger partial charge in [0.15, 0.2) is 0 Å². The van der Waals surface area contributed by atoms with Gasteiger partial charge in [0.05, 0.1) is 6.26 Å². The molecule has 0 aromatic rings. The van der Waals surface area contributed by atoms with Gasteiger partial charge in [-0.1, -0.05) is 13.8 Å². The number of hydrogen-bond acceptors (Lipinski definition) is 3. The molecule has 0 aliphatic heterocycles. The quantitative estimate of drug-likeness (QED) is 0.729. The van der Waals surface area contributed by atoms with Gasteiger partial charge < -0.3 is 0 Å². The van der Waals surface area contributed by atoms with E-state index < -0.39 is 21.3 Å². The topological polar surface area (TPSA) is 63.2 Å². The molecular formula is C8H15NO3S. The minimum absolute atomic E-state index is 0.342. The van der Waals surface area contributed by atoms with Crippen LogP contribution in [0, 0.1) is 11.3 Å². The Balaban J connectivity index is 2.67. The van der Waals surface area contributed by atoms with Crippen LogP contribution in [0.3, 0.4) is 0 Å². The van der Waals surface area contributed by atoms with Gasteiger partial charge in [0, 0.05) is 5.41 Å². The molecule has 1 N–H and O–H groups in total. The van der Waals surface area contributed by atoms with Gasteiger partial charge in [-0.3, -0.25) is 9.52 Å². The first-order valence-electron chi connectivity index (χ1n) is 4.26. The van der Waals surface area contributed by atoms with E-state index in [9.17, 15) is 13.2 Å². The SMILES string of the molecule is CC(C)(C(=O)NS(C)(=O)=O)C1CC1. The highest BCUT2D eigenvalue weighted by Gasteiger charge is 2.43. The summed E-state index contributed by atoms with van der Waals surface area (Å²) in [6.07, 6.45) is 3.03. The fraction of sp³-hybridized carbons (Fsp3) is 0.875. The molecule has 76 valence electrons. The van der Waals surface area contributed by atoms with Gasteiger partial charge in [0.2, 0.25) is 15.9 Å². The van der Waals surface area contributed by atoms with Crippen LogP contribution in [0.1, 0.15) is 26.7 Å². The lowest BCUT2D eigenvalue weighted by Gasteiger charge is -2.22. The zero-order chi connectivity index (χ0) is 10.3. The Bertz CT molecular complexity index is 314. The van der Waals surface area contributed by atoms with E-state index in [0.29, 0.717) is 5.92 Å². The van der Waals surface area contributed by atoms with Crippen molar-refractivity contribution >= 4 is 15.9 Å². The number of hydrogen-bond donors (Lipinski definition) is 1. The third-order valence-electron chi connectivity index (χ3n) is 2.46. The molecule has 0 radical (unpaired) electrons. The molecule has 0 spiro atoms. The zero-order valence-corrected chi connectivity index (χ0v) is 8.94. The lowest BCUT2D eigenvalue weighted by molar-refractivity contribution is -0.128. The number of carbonyl (C=O) groups excluding carboxylic acids is 1. The van der Waals surface area contributed by atoms with Crippen LogP contribution in [0.2, 0.25) is 0 Å². The summed E-state index contributed by atoms with van der Waals surface area (Å²) in [7, 11) is -3.41. The Labute approximate surface area is 78.8 Å². The number of carbonyl (C=O) groups is 1. The Kier molecular flexibility index (Phi) is 2.40. The summed E-state index contributed by atoms with van der Waals surface area (Å²) in [5.74, 6) is -0.0493. The molecule has 5 heteroatoms. The van der Waals surface area contributed by atoms with Gasteiger partial charge in [-0.2, -0.15) is 0 Å². The summed E-state index contributed by atoms with van der Waals surface area (Å²) in [4.78, 5) is 11.5. The maximum absolute atomic E-state index is 11.5. The van der Waals surface area contributed by atoms with Crippen LogP contribution in [0.4, 0.5) is 0 Å². The van der Waals surface area contributed by atoms with Crippen molar-refractivity contribution in [2.75, 3.05) is 6.26 Å². The van der Waals surface area contributed by atoms with Crippen molar-refractivity contribution in [1.29, 1.82) is 0 Å². The van der Waals surface area contributed by atoms with E-state index in [-0.39, 0.29) is 0 Å². The maximum Gasteiger partial charge on any atom is 0.239 e. The molecule has 1 rings (SSSR count). The molecule has 1 fully saturated rings. The predicted molar refractivity (Wildman–Crippen MR) is 49.5 cm³/mol. The van der Waals surface area contributed by atoms with Crippen molar-refractivity contribution in [3.63, 3.8) is 0 Å². The first kappa shape index (κ1) is 10.5. The minimum Gasteiger partial charge on any atom is -0.273 e. The van der Waals surface area contributed by atoms with E-state index in [1.165, 1.54) is 0 Å². The van der Waals surface area contributed by atoms with Crippen LogP contribution >= 0.6 is 0 Å². The van der Waals surface area contributed by atoms with Crippen molar-refractivity contribution in [3.8, 4) is 0 Å². The van der Waals surface area contributed by atoms with Crippen LogP contribution in [0.15, 0.2) is 0 Å². The van der Waals surface area contributed by atoms with Gasteiger partial charge in [-0.05, 0) is 18.8 Å². The number of rotatable bonds is 3. The maximum atomic E-state index is 11.5. The largest absolute Gasteiger partial charge is 0.273 e. The van der Waals surface area contributed by atoms with Crippen LogP contribution in [-0.2, 0) is 14.8 Å². The lowest BCUT2D eigenvalue weighted by Crippen LogP contribution is -2.41. The molecule has 4 nitrogen and oxygen atoms in total. The molecule has 0 bridgehead atoms. The summed E-state index contributed by atoms with van der Waals surface area (Å²) < 4.78 is 23.6. The van der Waals surface area contributed by atoms with Gasteiger partial charge in [0.25, 0.3) is 0 Å². The Morgan fingerprint density at radius 3 is 2.15 bits per heavy atom. The summed E-state index contributed by atoms with van der Waals surface area (Å²) >= 11 is 0. The van der Waals surface area contributed by atoms with Crippen molar-refractivity contribution in [3.05, 3.63) is 0 Å². The Morgan fingerprint density at radius 1 is 1.38 bits per heavy atom. The van der Waals surface area contributed by atoms with E-state index in [1.807, 2.05) is 4.72 Å². The monoisotopic (exact) mass is 205 g/mol. The van der Waals surface area contributed by atoms with E-state index in [0.717, 1.165) is 19.1 Å². The Morgan fingerprint density at radius 2 is 1.85 bits per heavy atom. The van der Waals surface area contributed by atoms with Crippen LogP contribution in [0.5, 0.6) is 0 Å². The van der Waals surface area contributed by atoms with Crippen molar-refractivity contribution < 1.29 is 13.2 Å². The molecule has 1 amide bonds. The molecule has 0 aromatic carbocycles. The normalized spacial score (nSPS) is 18.4.